The Labute approximate surface area is 114 Å². The third-order valence-electron chi connectivity index (χ3n) is 3.77. The Morgan fingerprint density at radius 1 is 1.42 bits per heavy atom. The van der Waals surface area contributed by atoms with Crippen LogP contribution in [-0.2, 0) is 16.1 Å². The van der Waals surface area contributed by atoms with Gasteiger partial charge in [-0.25, -0.2) is 0 Å². The highest BCUT2D eigenvalue weighted by Gasteiger charge is 2.30. The zero-order valence-corrected chi connectivity index (χ0v) is 11.3. The molecule has 4 nitrogen and oxygen atoms in total. The maximum atomic E-state index is 10.8. The van der Waals surface area contributed by atoms with Crippen LogP contribution in [0.15, 0.2) is 30.3 Å². The number of piperidine rings is 1. The van der Waals surface area contributed by atoms with E-state index in [9.17, 15) is 4.79 Å². The van der Waals surface area contributed by atoms with E-state index >= 15 is 0 Å². The second kappa shape index (κ2) is 6.68. The molecular weight excluding hydrogens is 242 g/mol. The van der Waals surface area contributed by atoms with Crippen molar-refractivity contribution in [2.24, 2.45) is 5.92 Å². The van der Waals surface area contributed by atoms with Crippen molar-refractivity contribution in [3.63, 3.8) is 0 Å². The fourth-order valence-electron chi connectivity index (χ4n) is 2.74. The Hall–Kier alpha value is -1.39. The van der Waals surface area contributed by atoms with Gasteiger partial charge in [-0.3, -0.25) is 9.69 Å². The van der Waals surface area contributed by atoms with E-state index in [1.165, 1.54) is 5.56 Å². The van der Waals surface area contributed by atoms with E-state index in [-0.39, 0.29) is 18.4 Å². The summed E-state index contributed by atoms with van der Waals surface area (Å²) in [5, 5.41) is 8.91. The molecule has 0 bridgehead atoms. The minimum Gasteiger partial charge on any atom is -0.481 e. The average molecular weight is 263 g/mol. The van der Waals surface area contributed by atoms with Gasteiger partial charge in [-0.05, 0) is 24.4 Å². The first-order valence-corrected chi connectivity index (χ1v) is 6.70. The number of likely N-dealkylation sites (tertiary alicyclic amines) is 1. The highest BCUT2D eigenvalue weighted by molar-refractivity contribution is 5.67. The number of ether oxygens (including phenoxy) is 1. The number of carboxylic acids is 1. The van der Waals surface area contributed by atoms with E-state index in [1.54, 1.807) is 7.11 Å². The molecule has 104 valence electrons. The Kier molecular flexibility index (Phi) is 4.93. The predicted molar refractivity (Wildman–Crippen MR) is 72.9 cm³/mol. The molecule has 2 atom stereocenters. The normalized spacial score (nSPS) is 24.3. The smallest absolute Gasteiger partial charge is 0.303 e. The largest absolute Gasteiger partial charge is 0.481 e. The number of nitrogens with zero attached hydrogens (tertiary/aromatic N) is 1. The van der Waals surface area contributed by atoms with Gasteiger partial charge in [0.05, 0.1) is 12.5 Å². The molecule has 1 fully saturated rings. The zero-order chi connectivity index (χ0) is 13.7. The Morgan fingerprint density at radius 3 is 2.79 bits per heavy atom. The first-order valence-electron chi connectivity index (χ1n) is 6.70. The summed E-state index contributed by atoms with van der Waals surface area (Å²) in [7, 11) is 1.67. The van der Waals surface area contributed by atoms with Crippen LogP contribution >= 0.6 is 0 Å². The lowest BCUT2D eigenvalue weighted by atomic mass is 9.90. The molecule has 0 spiro atoms. The van der Waals surface area contributed by atoms with Crippen LogP contribution in [0.3, 0.4) is 0 Å². The number of rotatable bonds is 5. The lowest BCUT2D eigenvalue weighted by molar-refractivity contribution is -0.140. The Morgan fingerprint density at radius 2 is 2.16 bits per heavy atom. The molecular formula is C15H21NO3. The van der Waals surface area contributed by atoms with E-state index in [2.05, 4.69) is 17.0 Å². The van der Waals surface area contributed by atoms with Crippen molar-refractivity contribution in [3.05, 3.63) is 35.9 Å². The van der Waals surface area contributed by atoms with Crippen molar-refractivity contribution < 1.29 is 14.6 Å². The second-order valence-electron chi connectivity index (χ2n) is 5.14. The van der Waals surface area contributed by atoms with Crippen molar-refractivity contribution in [3.8, 4) is 0 Å². The van der Waals surface area contributed by atoms with Crippen LogP contribution < -0.4 is 0 Å². The number of hydrogen-bond acceptors (Lipinski definition) is 3. The number of aliphatic carboxylic acids is 1. The van der Waals surface area contributed by atoms with Gasteiger partial charge in [0.15, 0.2) is 0 Å². The van der Waals surface area contributed by atoms with Gasteiger partial charge in [-0.15, -0.1) is 0 Å². The molecule has 0 aliphatic carbocycles. The molecule has 1 aromatic rings. The highest BCUT2D eigenvalue weighted by Crippen LogP contribution is 2.24. The highest BCUT2D eigenvalue weighted by atomic mass is 16.5. The van der Waals surface area contributed by atoms with Crippen LogP contribution in [-0.4, -0.2) is 42.3 Å². The van der Waals surface area contributed by atoms with Gasteiger partial charge in [0, 0.05) is 20.2 Å². The summed E-state index contributed by atoms with van der Waals surface area (Å²) in [6.07, 6.45) is 1.11. The van der Waals surface area contributed by atoms with E-state index in [1.807, 2.05) is 18.2 Å². The van der Waals surface area contributed by atoms with Crippen LogP contribution in [0.1, 0.15) is 18.4 Å². The molecule has 0 unspecified atom stereocenters. The minimum atomic E-state index is -0.733. The molecule has 0 aromatic heterocycles. The molecule has 0 saturated carbocycles. The van der Waals surface area contributed by atoms with Crippen LogP contribution in [0.5, 0.6) is 0 Å². The topological polar surface area (TPSA) is 49.8 Å². The van der Waals surface area contributed by atoms with Gasteiger partial charge in [0.1, 0.15) is 0 Å². The van der Waals surface area contributed by atoms with Crippen molar-refractivity contribution in [1.82, 2.24) is 4.90 Å². The van der Waals surface area contributed by atoms with Crippen LogP contribution in [0.4, 0.5) is 0 Å². The zero-order valence-electron chi connectivity index (χ0n) is 11.3. The molecule has 4 heteroatoms. The summed E-state index contributed by atoms with van der Waals surface area (Å²) >= 11 is 0. The predicted octanol–water partition coefficient (Wildman–Crippen LogP) is 2.00. The van der Waals surface area contributed by atoms with Crippen molar-refractivity contribution in [2.45, 2.75) is 25.5 Å². The maximum Gasteiger partial charge on any atom is 0.303 e. The molecule has 0 radical (unpaired) electrons. The number of benzene rings is 1. The van der Waals surface area contributed by atoms with Gasteiger partial charge in [0.25, 0.3) is 0 Å². The molecule has 1 aliphatic heterocycles. The van der Waals surface area contributed by atoms with E-state index in [4.69, 9.17) is 9.84 Å². The van der Waals surface area contributed by atoms with Crippen LogP contribution in [0.25, 0.3) is 0 Å². The number of carboxylic acid groups (broad SMARTS) is 1. The number of hydrogen-bond donors (Lipinski definition) is 1. The van der Waals surface area contributed by atoms with Crippen molar-refractivity contribution in [1.29, 1.82) is 0 Å². The maximum absolute atomic E-state index is 10.8. The first-order chi connectivity index (χ1) is 9.19. The molecule has 1 aliphatic rings. The summed E-state index contributed by atoms with van der Waals surface area (Å²) in [6, 6.07) is 10.3. The molecule has 1 saturated heterocycles. The third-order valence-corrected chi connectivity index (χ3v) is 3.77. The average Bonchev–Trinajstić information content (AvgIpc) is 2.41. The molecule has 1 aromatic carbocycles. The SMILES string of the molecule is CO[C@@H]1CN(Cc2ccccc2)CC[C@@H]1CC(=O)O. The minimum absolute atomic E-state index is 0.0218. The van der Waals surface area contributed by atoms with E-state index in [0.717, 1.165) is 26.1 Å². The van der Waals surface area contributed by atoms with E-state index in [0.29, 0.717) is 0 Å². The first kappa shape index (κ1) is 14.0. The summed E-state index contributed by atoms with van der Waals surface area (Å²) in [6.45, 7) is 2.65. The number of methoxy groups -OCH3 is 1. The van der Waals surface area contributed by atoms with Gasteiger partial charge >= 0.3 is 5.97 Å². The molecule has 0 amide bonds. The monoisotopic (exact) mass is 263 g/mol. The van der Waals surface area contributed by atoms with Crippen molar-refractivity contribution in [2.75, 3.05) is 20.2 Å². The van der Waals surface area contributed by atoms with Crippen molar-refractivity contribution >= 4 is 5.97 Å². The molecule has 2 rings (SSSR count). The quantitative estimate of drug-likeness (QED) is 0.882. The summed E-state index contributed by atoms with van der Waals surface area (Å²) in [5.74, 6) is -0.599. The lowest BCUT2D eigenvalue weighted by Crippen LogP contribution is -2.44. The standard InChI is InChI=1S/C15H21NO3/c1-19-14-11-16(8-7-13(14)9-15(17)18)10-12-5-3-2-4-6-12/h2-6,13-14H,7-11H2,1H3,(H,17,18)/t13-,14-/m1/s1. The molecule has 1 heterocycles. The molecule has 1 N–H and O–H groups in total. The fraction of sp³-hybridized carbons (Fsp3) is 0.533. The summed E-state index contributed by atoms with van der Waals surface area (Å²) in [5.41, 5.74) is 1.29. The van der Waals surface area contributed by atoms with Gasteiger partial charge in [0.2, 0.25) is 0 Å². The van der Waals surface area contributed by atoms with Crippen LogP contribution in [0, 0.1) is 5.92 Å². The van der Waals surface area contributed by atoms with Gasteiger partial charge in [-0.1, -0.05) is 30.3 Å². The van der Waals surface area contributed by atoms with Crippen LogP contribution in [0.2, 0.25) is 0 Å². The van der Waals surface area contributed by atoms with Gasteiger partial charge < -0.3 is 9.84 Å². The van der Waals surface area contributed by atoms with Gasteiger partial charge in [-0.2, -0.15) is 0 Å². The Bertz CT molecular complexity index is 407. The summed E-state index contributed by atoms with van der Waals surface area (Å²) < 4.78 is 5.47. The lowest BCUT2D eigenvalue weighted by Gasteiger charge is -2.37. The Balaban J connectivity index is 1.91. The molecule has 19 heavy (non-hydrogen) atoms. The summed E-state index contributed by atoms with van der Waals surface area (Å²) in [4.78, 5) is 13.2. The third kappa shape index (κ3) is 4.04. The number of carbonyl (C=O) groups is 1. The second-order valence-corrected chi connectivity index (χ2v) is 5.14. The fourth-order valence-corrected chi connectivity index (χ4v) is 2.74. The van der Waals surface area contributed by atoms with E-state index < -0.39 is 5.97 Å².